The van der Waals surface area contributed by atoms with Crippen molar-refractivity contribution in [3.8, 4) is 0 Å². The number of aromatic nitrogens is 1. The molecule has 2 fully saturated rings. The number of amides is 3. The highest BCUT2D eigenvalue weighted by molar-refractivity contribution is 6.01. The molecule has 0 bridgehead atoms. The summed E-state index contributed by atoms with van der Waals surface area (Å²) in [5.74, 6) is -0.237. The summed E-state index contributed by atoms with van der Waals surface area (Å²) in [5.41, 5.74) is 0.848. The zero-order valence-electron chi connectivity index (χ0n) is 18.6. The Morgan fingerprint density at radius 3 is 2.50 bits per heavy atom. The van der Waals surface area contributed by atoms with Crippen LogP contribution in [0, 0.1) is 0 Å². The maximum Gasteiger partial charge on any atom is 0.433 e. The second-order valence-corrected chi connectivity index (χ2v) is 8.35. The van der Waals surface area contributed by atoms with E-state index < -0.39 is 23.9 Å². The van der Waals surface area contributed by atoms with Gasteiger partial charge in [-0.3, -0.25) is 4.79 Å². The smallest absolute Gasteiger partial charge is 0.377 e. The van der Waals surface area contributed by atoms with Crippen LogP contribution < -0.4 is 20.4 Å². The summed E-state index contributed by atoms with van der Waals surface area (Å²) in [6, 6.07) is 8.48. The molecule has 8 nitrogen and oxygen atoms in total. The third-order valence-corrected chi connectivity index (χ3v) is 5.92. The minimum atomic E-state index is -4.56. The molecule has 2 aromatic rings. The fourth-order valence-corrected chi connectivity index (χ4v) is 4.16. The molecule has 2 atom stereocenters. The molecule has 1 aromatic heterocycles. The van der Waals surface area contributed by atoms with E-state index in [1.165, 1.54) is 0 Å². The number of ether oxygens (including phenoxy) is 1. The molecule has 0 unspecified atom stereocenters. The number of hydrogen-bond acceptors (Lipinski definition) is 5. The maximum absolute atomic E-state index is 13.0. The van der Waals surface area contributed by atoms with Crippen molar-refractivity contribution in [2.24, 2.45) is 0 Å². The summed E-state index contributed by atoms with van der Waals surface area (Å²) in [6.45, 7) is 4.79. The molecule has 0 spiro atoms. The van der Waals surface area contributed by atoms with Crippen LogP contribution in [0.2, 0.25) is 0 Å². The third-order valence-electron chi connectivity index (χ3n) is 5.92. The summed E-state index contributed by atoms with van der Waals surface area (Å²) >= 11 is 0. The number of carbonyl (C=O) groups is 2. The van der Waals surface area contributed by atoms with E-state index in [1.807, 2.05) is 24.3 Å². The fourth-order valence-electron chi connectivity index (χ4n) is 4.16. The first-order valence-electron chi connectivity index (χ1n) is 11.1. The van der Waals surface area contributed by atoms with Crippen LogP contribution in [0.25, 0.3) is 0 Å². The van der Waals surface area contributed by atoms with E-state index in [9.17, 15) is 22.8 Å². The Morgan fingerprint density at radius 2 is 1.85 bits per heavy atom. The van der Waals surface area contributed by atoms with Gasteiger partial charge in [-0.15, -0.1) is 0 Å². The Bertz CT molecular complexity index is 1010. The number of nitrogens with zero attached hydrogens (tertiary/aromatic N) is 3. The van der Waals surface area contributed by atoms with Gasteiger partial charge in [-0.2, -0.15) is 13.2 Å². The van der Waals surface area contributed by atoms with Crippen LogP contribution in [0.3, 0.4) is 0 Å². The highest BCUT2D eigenvalue weighted by atomic mass is 19.4. The van der Waals surface area contributed by atoms with Crippen LogP contribution in [0.1, 0.15) is 25.5 Å². The van der Waals surface area contributed by atoms with E-state index in [2.05, 4.69) is 27.4 Å². The number of pyridine rings is 1. The van der Waals surface area contributed by atoms with Gasteiger partial charge in [-0.05, 0) is 56.2 Å². The largest absolute Gasteiger partial charge is 0.433 e. The van der Waals surface area contributed by atoms with Gasteiger partial charge in [0.25, 0.3) is 0 Å². The highest BCUT2D eigenvalue weighted by Gasteiger charge is 2.33. The molecule has 34 heavy (non-hydrogen) atoms. The lowest BCUT2D eigenvalue weighted by Crippen LogP contribution is -2.53. The Labute approximate surface area is 195 Å². The van der Waals surface area contributed by atoms with Crippen LogP contribution in [0.5, 0.6) is 0 Å². The lowest BCUT2D eigenvalue weighted by molar-refractivity contribution is -0.141. The van der Waals surface area contributed by atoms with Gasteiger partial charge in [0, 0.05) is 30.5 Å². The van der Waals surface area contributed by atoms with Crippen LogP contribution in [-0.2, 0) is 15.7 Å². The number of anilines is 3. The van der Waals surface area contributed by atoms with Crippen LogP contribution in [-0.4, -0.2) is 55.3 Å². The van der Waals surface area contributed by atoms with Gasteiger partial charge in [0.1, 0.15) is 11.7 Å². The molecule has 182 valence electrons. The first-order valence-corrected chi connectivity index (χ1v) is 11.1. The van der Waals surface area contributed by atoms with E-state index in [0.29, 0.717) is 32.6 Å². The lowest BCUT2D eigenvalue weighted by atomic mass is 10.0. The van der Waals surface area contributed by atoms with Gasteiger partial charge in [0.15, 0.2) is 0 Å². The summed E-state index contributed by atoms with van der Waals surface area (Å²) in [4.78, 5) is 32.6. The normalized spacial score (nSPS) is 21.4. The minimum Gasteiger partial charge on any atom is -0.377 e. The minimum absolute atomic E-state index is 0.0959. The van der Waals surface area contributed by atoms with Crippen molar-refractivity contribution in [1.82, 2.24) is 10.3 Å². The number of hydrogen-bond donors (Lipinski definition) is 2. The zero-order chi connectivity index (χ0) is 24.3. The molecule has 11 heteroatoms. The number of halogens is 3. The van der Waals surface area contributed by atoms with Crippen molar-refractivity contribution in [1.29, 1.82) is 0 Å². The molecular weight excluding hydrogens is 451 g/mol. The number of nitrogens with one attached hydrogen (secondary N) is 2. The number of benzene rings is 1. The Kier molecular flexibility index (Phi) is 6.92. The molecule has 0 radical (unpaired) electrons. The maximum atomic E-state index is 13.0. The van der Waals surface area contributed by atoms with E-state index in [1.54, 1.807) is 4.90 Å². The molecule has 2 aliphatic rings. The van der Waals surface area contributed by atoms with Crippen molar-refractivity contribution in [3.63, 3.8) is 0 Å². The first-order chi connectivity index (χ1) is 16.2. The fraction of sp³-hybridized carbons (Fsp3) is 0.435. The second-order valence-electron chi connectivity index (χ2n) is 8.35. The van der Waals surface area contributed by atoms with Crippen molar-refractivity contribution in [3.05, 3.63) is 48.3 Å². The average molecular weight is 477 g/mol. The number of morpholine rings is 1. The van der Waals surface area contributed by atoms with Crippen molar-refractivity contribution in [2.45, 2.75) is 38.0 Å². The van der Waals surface area contributed by atoms with Gasteiger partial charge in [-0.1, -0.05) is 0 Å². The lowest BCUT2D eigenvalue weighted by Gasteiger charge is -2.36. The predicted octanol–water partition coefficient (Wildman–Crippen LogP) is 3.64. The summed E-state index contributed by atoms with van der Waals surface area (Å²) in [6.07, 6.45) is -2.47. The average Bonchev–Trinajstić information content (AvgIpc) is 2.81. The van der Waals surface area contributed by atoms with E-state index in [0.717, 1.165) is 36.2 Å². The number of urea groups is 1. The molecule has 2 saturated heterocycles. The molecule has 3 amide bonds. The molecule has 1 aromatic carbocycles. The number of rotatable bonds is 4. The van der Waals surface area contributed by atoms with Gasteiger partial charge in [0.2, 0.25) is 5.91 Å². The summed E-state index contributed by atoms with van der Waals surface area (Å²) in [5, 5.41) is 5.04. The summed E-state index contributed by atoms with van der Waals surface area (Å²) < 4.78 is 43.4. The topological polar surface area (TPSA) is 86.8 Å². The Balaban J connectivity index is 1.36. The molecule has 2 N–H and O–H groups in total. The standard InChI is InChI=1S/C23H26F3N5O3/c1-15-14-34-12-11-30(15)17-5-7-18(8-6-17)31-10-2-3-19(21(31)32)29-22(33)28-16-4-9-20(27-13-16)23(24,25)26/h4-9,13,15,19H,2-3,10-12,14H2,1H3,(H2,28,29,33)/t15-,19+/m0/s1. The molecule has 2 aliphatic heterocycles. The van der Waals surface area contributed by atoms with Gasteiger partial charge >= 0.3 is 12.2 Å². The molecule has 4 rings (SSSR count). The number of alkyl halides is 3. The van der Waals surface area contributed by atoms with Crippen molar-refractivity contribution < 1.29 is 27.5 Å². The van der Waals surface area contributed by atoms with Gasteiger partial charge < -0.3 is 25.2 Å². The molecule has 0 aliphatic carbocycles. The van der Waals surface area contributed by atoms with Crippen LogP contribution in [0.4, 0.5) is 35.0 Å². The second kappa shape index (κ2) is 9.88. The van der Waals surface area contributed by atoms with E-state index >= 15 is 0 Å². The SMILES string of the molecule is C[C@H]1COCCN1c1ccc(N2CCC[C@@H](NC(=O)Nc3ccc(C(F)(F)F)nc3)C2=O)cc1. The third kappa shape index (κ3) is 5.41. The highest BCUT2D eigenvalue weighted by Crippen LogP contribution is 2.28. The Hall–Kier alpha value is -3.34. The van der Waals surface area contributed by atoms with Crippen molar-refractivity contribution in [2.75, 3.05) is 41.4 Å². The van der Waals surface area contributed by atoms with Gasteiger partial charge in [0.05, 0.1) is 25.1 Å². The van der Waals surface area contributed by atoms with Crippen LogP contribution in [0.15, 0.2) is 42.6 Å². The zero-order valence-corrected chi connectivity index (χ0v) is 18.6. The number of carbonyl (C=O) groups excluding carboxylic acids is 2. The monoisotopic (exact) mass is 477 g/mol. The Morgan fingerprint density at radius 1 is 1.12 bits per heavy atom. The predicted molar refractivity (Wildman–Crippen MR) is 121 cm³/mol. The molecule has 3 heterocycles. The van der Waals surface area contributed by atoms with Gasteiger partial charge in [-0.25, -0.2) is 9.78 Å². The van der Waals surface area contributed by atoms with E-state index in [-0.39, 0.29) is 17.6 Å². The summed E-state index contributed by atoms with van der Waals surface area (Å²) in [7, 11) is 0. The van der Waals surface area contributed by atoms with Crippen LogP contribution >= 0.6 is 0 Å². The molecule has 0 saturated carbocycles. The van der Waals surface area contributed by atoms with E-state index in [4.69, 9.17) is 4.74 Å². The number of piperidine rings is 1. The molecular formula is C23H26F3N5O3. The quantitative estimate of drug-likeness (QED) is 0.702. The first kappa shape index (κ1) is 23.8. The van der Waals surface area contributed by atoms with Crippen molar-refractivity contribution >= 4 is 29.0 Å².